The molecule has 0 aliphatic heterocycles. The van der Waals surface area contributed by atoms with Crippen molar-refractivity contribution in [3.8, 4) is 0 Å². The molecule has 2 atom stereocenters. The lowest BCUT2D eigenvalue weighted by atomic mass is 10.1. The second-order valence-corrected chi connectivity index (χ2v) is 8.06. The molecule has 1 heterocycles. The highest BCUT2D eigenvalue weighted by Crippen LogP contribution is 2.48. The molecular formula is C27H22N2O3. The molecule has 5 heteroatoms. The number of nitrogens with one attached hydrogen (secondary N) is 1. The summed E-state index contributed by atoms with van der Waals surface area (Å²) in [6.07, 6.45) is 4.35. The van der Waals surface area contributed by atoms with E-state index in [0.717, 1.165) is 34.0 Å². The van der Waals surface area contributed by atoms with Gasteiger partial charge in [0.25, 0.3) is 0 Å². The van der Waals surface area contributed by atoms with Gasteiger partial charge in [-0.05, 0) is 59.2 Å². The number of carbonyl (C=O) groups excluding carboxylic acids is 2. The highest BCUT2D eigenvalue weighted by molar-refractivity contribution is 5.97. The lowest BCUT2D eigenvalue weighted by Crippen LogP contribution is -2.14. The summed E-state index contributed by atoms with van der Waals surface area (Å²) in [4.78, 5) is 29.1. The molecule has 5 rings (SSSR count). The third kappa shape index (κ3) is 4.37. The fourth-order valence-corrected chi connectivity index (χ4v) is 3.92. The standard InChI is InChI=1S/C27H22N2O3/c30-26(29-23-11-10-22-16-28-13-12-21(22)14-23)25-15-24(25)19-6-8-20(9-7-19)27(31)32-17-18-4-2-1-3-5-18/h1-14,16,24-25H,15,17H2,(H,29,30)/t24-,25+/m0/s1. The summed E-state index contributed by atoms with van der Waals surface area (Å²) in [6, 6.07) is 24.7. The third-order valence-electron chi connectivity index (χ3n) is 5.82. The molecule has 3 aromatic carbocycles. The molecule has 1 N–H and O–H groups in total. The normalized spacial score (nSPS) is 17.0. The summed E-state index contributed by atoms with van der Waals surface area (Å²) in [6.45, 7) is 0.248. The van der Waals surface area contributed by atoms with Crippen LogP contribution in [-0.4, -0.2) is 16.9 Å². The molecule has 4 aromatic rings. The minimum absolute atomic E-state index is 0.0229. The van der Waals surface area contributed by atoms with Crippen LogP contribution in [0.5, 0.6) is 0 Å². The van der Waals surface area contributed by atoms with Crippen LogP contribution in [0.1, 0.15) is 33.8 Å². The molecule has 1 amide bonds. The number of benzene rings is 3. The maximum absolute atomic E-state index is 12.7. The van der Waals surface area contributed by atoms with Gasteiger partial charge in [0.2, 0.25) is 5.91 Å². The number of pyridine rings is 1. The van der Waals surface area contributed by atoms with Crippen LogP contribution in [0.15, 0.2) is 91.3 Å². The monoisotopic (exact) mass is 422 g/mol. The lowest BCUT2D eigenvalue weighted by molar-refractivity contribution is -0.117. The van der Waals surface area contributed by atoms with Crippen LogP contribution in [0.4, 0.5) is 5.69 Å². The molecule has 0 saturated heterocycles. The number of hydrogen-bond donors (Lipinski definition) is 1. The van der Waals surface area contributed by atoms with Crippen LogP contribution in [-0.2, 0) is 16.1 Å². The van der Waals surface area contributed by atoms with Crippen LogP contribution < -0.4 is 5.32 Å². The number of ether oxygens (including phenoxy) is 1. The molecule has 1 aliphatic rings. The number of hydrogen-bond acceptors (Lipinski definition) is 4. The summed E-state index contributed by atoms with van der Waals surface area (Å²) in [5, 5.41) is 5.10. The van der Waals surface area contributed by atoms with Crippen molar-refractivity contribution in [2.24, 2.45) is 5.92 Å². The number of esters is 1. The summed E-state index contributed by atoms with van der Waals surface area (Å²) in [5.41, 5.74) is 3.31. The van der Waals surface area contributed by atoms with Crippen molar-refractivity contribution in [1.82, 2.24) is 4.98 Å². The molecule has 0 spiro atoms. The third-order valence-corrected chi connectivity index (χ3v) is 5.82. The predicted octanol–water partition coefficient (Wildman–Crippen LogP) is 5.33. The molecule has 158 valence electrons. The topological polar surface area (TPSA) is 68.3 Å². The number of amides is 1. The van der Waals surface area contributed by atoms with E-state index in [0.29, 0.717) is 5.56 Å². The maximum Gasteiger partial charge on any atom is 0.338 e. The molecule has 0 bridgehead atoms. The molecule has 1 aromatic heterocycles. The summed E-state index contributed by atoms with van der Waals surface area (Å²) in [7, 11) is 0. The smallest absolute Gasteiger partial charge is 0.338 e. The predicted molar refractivity (Wildman–Crippen MR) is 123 cm³/mol. The highest BCUT2D eigenvalue weighted by atomic mass is 16.5. The van der Waals surface area contributed by atoms with Crippen LogP contribution in [0.25, 0.3) is 10.8 Å². The Morgan fingerprint density at radius 1 is 0.938 bits per heavy atom. The van der Waals surface area contributed by atoms with Gasteiger partial charge < -0.3 is 10.1 Å². The van der Waals surface area contributed by atoms with Gasteiger partial charge in [-0.2, -0.15) is 0 Å². The van der Waals surface area contributed by atoms with Crippen LogP contribution in [0.2, 0.25) is 0 Å². The van der Waals surface area contributed by atoms with E-state index in [9.17, 15) is 9.59 Å². The van der Waals surface area contributed by atoms with E-state index >= 15 is 0 Å². The van der Waals surface area contributed by atoms with E-state index in [1.54, 1.807) is 24.5 Å². The number of carbonyl (C=O) groups is 2. The molecule has 0 radical (unpaired) electrons. The lowest BCUT2D eigenvalue weighted by Gasteiger charge is -2.07. The minimum atomic E-state index is -0.350. The zero-order valence-electron chi connectivity index (χ0n) is 17.4. The van der Waals surface area contributed by atoms with Crippen LogP contribution in [0, 0.1) is 5.92 Å². The first-order valence-corrected chi connectivity index (χ1v) is 10.6. The van der Waals surface area contributed by atoms with Crippen molar-refractivity contribution < 1.29 is 14.3 Å². The van der Waals surface area contributed by atoms with Gasteiger partial charge in [-0.3, -0.25) is 9.78 Å². The molecule has 1 saturated carbocycles. The number of anilines is 1. The summed E-state index contributed by atoms with van der Waals surface area (Å²) >= 11 is 0. The van der Waals surface area contributed by atoms with Gasteiger partial charge in [0, 0.05) is 29.4 Å². The Morgan fingerprint density at radius 3 is 2.56 bits per heavy atom. The van der Waals surface area contributed by atoms with Gasteiger partial charge in [0.1, 0.15) is 6.61 Å². The first-order valence-electron chi connectivity index (χ1n) is 10.6. The number of nitrogens with zero attached hydrogens (tertiary/aromatic N) is 1. The summed E-state index contributed by atoms with van der Waals surface area (Å²) in [5.74, 6) is -0.209. The minimum Gasteiger partial charge on any atom is -0.457 e. The fraction of sp³-hybridized carbons (Fsp3) is 0.148. The van der Waals surface area contributed by atoms with Crippen molar-refractivity contribution >= 4 is 28.3 Å². The van der Waals surface area contributed by atoms with E-state index in [1.165, 1.54) is 0 Å². The Kier molecular flexibility index (Phi) is 5.38. The van der Waals surface area contributed by atoms with E-state index in [2.05, 4.69) is 10.3 Å². The van der Waals surface area contributed by atoms with E-state index < -0.39 is 0 Å². The molecule has 5 nitrogen and oxygen atoms in total. The number of fused-ring (bicyclic) bond motifs is 1. The largest absolute Gasteiger partial charge is 0.457 e. The van der Waals surface area contributed by atoms with Crippen molar-refractivity contribution in [2.45, 2.75) is 18.9 Å². The Morgan fingerprint density at radius 2 is 1.75 bits per heavy atom. The Bertz CT molecular complexity index is 1270. The summed E-state index contributed by atoms with van der Waals surface area (Å²) < 4.78 is 5.38. The maximum atomic E-state index is 12.7. The average Bonchev–Trinajstić information content (AvgIpc) is 3.64. The fourth-order valence-electron chi connectivity index (χ4n) is 3.92. The second-order valence-electron chi connectivity index (χ2n) is 8.06. The quantitative estimate of drug-likeness (QED) is 0.426. The first kappa shape index (κ1) is 19.9. The van der Waals surface area contributed by atoms with Gasteiger partial charge >= 0.3 is 5.97 Å². The van der Waals surface area contributed by atoms with Crippen molar-refractivity contribution in [1.29, 1.82) is 0 Å². The van der Waals surface area contributed by atoms with E-state index in [-0.39, 0.29) is 30.3 Å². The Labute approximate surface area is 186 Å². The Hall–Kier alpha value is -3.99. The Balaban J connectivity index is 1.17. The first-order chi connectivity index (χ1) is 15.7. The highest BCUT2D eigenvalue weighted by Gasteiger charge is 2.43. The average molecular weight is 422 g/mol. The van der Waals surface area contributed by atoms with Crippen LogP contribution in [0.3, 0.4) is 0 Å². The number of rotatable bonds is 6. The zero-order valence-corrected chi connectivity index (χ0v) is 17.4. The van der Waals surface area contributed by atoms with E-state index in [4.69, 9.17) is 4.74 Å². The van der Waals surface area contributed by atoms with Gasteiger partial charge in [-0.1, -0.05) is 48.5 Å². The van der Waals surface area contributed by atoms with Gasteiger partial charge in [-0.15, -0.1) is 0 Å². The van der Waals surface area contributed by atoms with Crippen molar-refractivity contribution in [3.05, 3.63) is 108 Å². The van der Waals surface area contributed by atoms with Crippen molar-refractivity contribution in [3.63, 3.8) is 0 Å². The molecular weight excluding hydrogens is 400 g/mol. The van der Waals surface area contributed by atoms with Gasteiger partial charge in [0.05, 0.1) is 5.56 Å². The van der Waals surface area contributed by atoms with Gasteiger partial charge in [-0.25, -0.2) is 4.79 Å². The molecule has 1 aliphatic carbocycles. The van der Waals surface area contributed by atoms with Crippen LogP contribution >= 0.6 is 0 Å². The number of aromatic nitrogens is 1. The van der Waals surface area contributed by atoms with Gasteiger partial charge in [0.15, 0.2) is 0 Å². The second kappa shape index (κ2) is 8.63. The molecule has 0 unspecified atom stereocenters. The SMILES string of the molecule is O=C(OCc1ccccc1)c1ccc([C@@H]2C[C@H]2C(=O)Nc2ccc3cnccc3c2)cc1. The molecule has 1 fully saturated rings. The van der Waals surface area contributed by atoms with Crippen molar-refractivity contribution in [2.75, 3.05) is 5.32 Å². The zero-order chi connectivity index (χ0) is 21.9. The molecule has 32 heavy (non-hydrogen) atoms. The van der Waals surface area contributed by atoms with E-state index in [1.807, 2.05) is 66.7 Å².